The van der Waals surface area contributed by atoms with Crippen LogP contribution in [0.4, 0.5) is 4.39 Å². The maximum Gasteiger partial charge on any atom is 0.379 e. The van der Waals surface area contributed by atoms with Gasteiger partial charge >= 0.3 is 5.97 Å². The lowest BCUT2D eigenvalue weighted by molar-refractivity contribution is -0.135. The van der Waals surface area contributed by atoms with E-state index >= 15 is 0 Å². The number of carbonyl (C=O) groups excluding carboxylic acids is 2. The first-order valence-corrected chi connectivity index (χ1v) is 6.67. The van der Waals surface area contributed by atoms with Crippen molar-refractivity contribution in [3.63, 3.8) is 0 Å². The Labute approximate surface area is 128 Å². The number of benzene rings is 2. The van der Waals surface area contributed by atoms with Gasteiger partial charge in [-0.1, -0.05) is 12.1 Å². The van der Waals surface area contributed by atoms with Crippen LogP contribution in [0.5, 0.6) is 11.5 Å². The number of ether oxygens (including phenoxy) is 2. The number of carbonyl (C=O) groups is 2. The smallest absolute Gasteiger partial charge is 0.379 e. The van der Waals surface area contributed by atoms with Crippen molar-refractivity contribution in [3.05, 3.63) is 58.3 Å². The van der Waals surface area contributed by atoms with Crippen LogP contribution < -0.4 is 4.74 Å². The number of para-hydroxylation sites is 1. The Bertz CT molecular complexity index is 700. The minimum atomic E-state index is -0.980. The molecular formula is C15H10BrFO4. The zero-order valence-electron chi connectivity index (χ0n) is 10.9. The molecule has 0 spiro atoms. The highest BCUT2D eigenvalue weighted by Gasteiger charge is 2.21. The fourth-order valence-electron chi connectivity index (χ4n) is 1.61. The zero-order valence-corrected chi connectivity index (χ0v) is 12.5. The number of esters is 1. The van der Waals surface area contributed by atoms with Gasteiger partial charge in [0.1, 0.15) is 17.3 Å². The van der Waals surface area contributed by atoms with Gasteiger partial charge in [-0.3, -0.25) is 4.79 Å². The van der Waals surface area contributed by atoms with Crippen LogP contribution in [-0.4, -0.2) is 18.9 Å². The molecule has 0 unspecified atom stereocenters. The van der Waals surface area contributed by atoms with Crippen LogP contribution in [0.1, 0.15) is 10.4 Å². The summed E-state index contributed by atoms with van der Waals surface area (Å²) in [5.74, 6) is -1.71. The van der Waals surface area contributed by atoms with Crippen LogP contribution >= 0.6 is 15.9 Å². The quantitative estimate of drug-likeness (QED) is 0.477. The third-order valence-corrected chi connectivity index (χ3v) is 3.23. The second kappa shape index (κ2) is 6.49. The van der Waals surface area contributed by atoms with E-state index in [9.17, 15) is 14.0 Å². The Hall–Kier alpha value is -2.21. The molecule has 2 aromatic carbocycles. The van der Waals surface area contributed by atoms with Crippen LogP contribution in [0.15, 0.2) is 46.9 Å². The summed E-state index contributed by atoms with van der Waals surface area (Å²) >= 11 is 3.05. The molecule has 0 fully saturated rings. The number of halogens is 2. The maximum absolute atomic E-state index is 13.2. The van der Waals surface area contributed by atoms with E-state index in [1.165, 1.54) is 30.3 Å². The predicted octanol–water partition coefficient (Wildman–Crippen LogP) is 3.74. The number of Topliss-reactive ketones (excluding diaryl/α,β-unsaturated/α-hetero) is 1. The first kappa shape index (κ1) is 15.2. The summed E-state index contributed by atoms with van der Waals surface area (Å²) in [7, 11) is 1.13. The van der Waals surface area contributed by atoms with Crippen LogP contribution in [0.3, 0.4) is 0 Å². The molecule has 0 aliphatic rings. The van der Waals surface area contributed by atoms with Crippen LogP contribution in [-0.2, 0) is 9.53 Å². The minimum absolute atomic E-state index is 0.0739. The fourth-order valence-corrected chi connectivity index (χ4v) is 1.97. The molecule has 21 heavy (non-hydrogen) atoms. The van der Waals surface area contributed by atoms with Gasteiger partial charge in [0.2, 0.25) is 0 Å². The van der Waals surface area contributed by atoms with E-state index in [0.717, 1.165) is 7.11 Å². The summed E-state index contributed by atoms with van der Waals surface area (Å²) < 4.78 is 23.4. The molecular weight excluding hydrogens is 343 g/mol. The van der Waals surface area contributed by atoms with Gasteiger partial charge in [-0.2, -0.15) is 0 Å². The van der Waals surface area contributed by atoms with Crippen LogP contribution in [0.2, 0.25) is 0 Å². The van der Waals surface area contributed by atoms with Gasteiger partial charge in [0.25, 0.3) is 5.78 Å². The molecule has 2 aromatic rings. The van der Waals surface area contributed by atoms with Crippen molar-refractivity contribution in [3.8, 4) is 11.5 Å². The Morgan fingerprint density at radius 3 is 2.52 bits per heavy atom. The summed E-state index contributed by atoms with van der Waals surface area (Å²) in [6, 6.07) is 10.3. The monoisotopic (exact) mass is 352 g/mol. The lowest BCUT2D eigenvalue weighted by Gasteiger charge is -2.10. The van der Waals surface area contributed by atoms with E-state index in [0.29, 0.717) is 5.75 Å². The largest absolute Gasteiger partial charge is 0.463 e. The average molecular weight is 353 g/mol. The molecule has 0 N–H and O–H groups in total. The third kappa shape index (κ3) is 3.46. The van der Waals surface area contributed by atoms with Crippen molar-refractivity contribution >= 4 is 27.7 Å². The van der Waals surface area contributed by atoms with Crippen molar-refractivity contribution < 1.29 is 23.5 Å². The Morgan fingerprint density at radius 1 is 1.14 bits per heavy atom. The van der Waals surface area contributed by atoms with E-state index in [-0.39, 0.29) is 15.8 Å². The molecule has 0 atom stereocenters. The summed E-state index contributed by atoms with van der Waals surface area (Å²) in [5, 5.41) is 0. The third-order valence-electron chi connectivity index (χ3n) is 2.62. The lowest BCUT2D eigenvalue weighted by atomic mass is 10.1. The molecule has 108 valence electrons. The highest BCUT2D eigenvalue weighted by Crippen LogP contribution is 2.29. The molecule has 0 heterocycles. The zero-order chi connectivity index (χ0) is 15.4. The van der Waals surface area contributed by atoms with E-state index in [1.54, 1.807) is 12.1 Å². The number of hydrogen-bond acceptors (Lipinski definition) is 4. The summed E-state index contributed by atoms with van der Waals surface area (Å²) in [6.07, 6.45) is 0. The molecule has 0 aliphatic heterocycles. The number of rotatable bonds is 4. The highest BCUT2D eigenvalue weighted by atomic mass is 79.9. The van der Waals surface area contributed by atoms with Crippen molar-refractivity contribution in [2.24, 2.45) is 0 Å². The number of methoxy groups -OCH3 is 1. The van der Waals surface area contributed by atoms with E-state index in [2.05, 4.69) is 20.7 Å². The number of hydrogen-bond donors (Lipinski definition) is 0. The summed E-state index contributed by atoms with van der Waals surface area (Å²) in [6.45, 7) is 0. The van der Waals surface area contributed by atoms with Gasteiger partial charge in [-0.15, -0.1) is 0 Å². The SMILES string of the molecule is COC(=O)C(=O)c1ccccc1Oc1ccc(F)c(Br)c1. The molecule has 0 aliphatic carbocycles. The molecule has 0 amide bonds. The van der Waals surface area contributed by atoms with Crippen molar-refractivity contribution in [1.82, 2.24) is 0 Å². The van der Waals surface area contributed by atoms with Crippen LogP contribution in [0.25, 0.3) is 0 Å². The van der Waals surface area contributed by atoms with Gasteiger partial charge in [0, 0.05) is 0 Å². The summed E-state index contributed by atoms with van der Waals surface area (Å²) in [5.41, 5.74) is 0.0739. The first-order valence-electron chi connectivity index (χ1n) is 5.87. The molecule has 0 saturated carbocycles. The molecule has 0 saturated heterocycles. The average Bonchev–Trinajstić information content (AvgIpc) is 2.50. The standard InChI is InChI=1S/C15H10BrFO4/c1-20-15(19)14(18)10-4-2-3-5-13(10)21-9-6-7-12(17)11(16)8-9/h2-8H,1H3. The molecule has 0 radical (unpaired) electrons. The van der Waals surface area contributed by atoms with Crippen molar-refractivity contribution in [2.75, 3.05) is 7.11 Å². The Morgan fingerprint density at radius 2 is 1.86 bits per heavy atom. The number of ketones is 1. The van der Waals surface area contributed by atoms with Crippen molar-refractivity contribution in [2.45, 2.75) is 0 Å². The normalized spacial score (nSPS) is 10.0. The van der Waals surface area contributed by atoms with E-state index in [1.807, 2.05) is 0 Å². The molecule has 4 nitrogen and oxygen atoms in total. The maximum atomic E-state index is 13.2. The minimum Gasteiger partial charge on any atom is -0.463 e. The first-order chi connectivity index (χ1) is 10.0. The van der Waals surface area contributed by atoms with Crippen molar-refractivity contribution in [1.29, 1.82) is 0 Å². The lowest BCUT2D eigenvalue weighted by Crippen LogP contribution is -2.16. The van der Waals surface area contributed by atoms with Gasteiger partial charge in [-0.25, -0.2) is 9.18 Å². The second-order valence-electron chi connectivity index (χ2n) is 3.99. The van der Waals surface area contributed by atoms with Gasteiger partial charge < -0.3 is 9.47 Å². The fraction of sp³-hybridized carbons (Fsp3) is 0.0667. The van der Waals surface area contributed by atoms with Crippen LogP contribution in [0, 0.1) is 5.82 Å². The van der Waals surface area contributed by atoms with Gasteiger partial charge in [0.05, 0.1) is 17.1 Å². The molecule has 0 aromatic heterocycles. The predicted molar refractivity (Wildman–Crippen MR) is 77.0 cm³/mol. The topological polar surface area (TPSA) is 52.6 Å². The molecule has 6 heteroatoms. The Balaban J connectivity index is 2.34. The van der Waals surface area contributed by atoms with E-state index < -0.39 is 17.6 Å². The highest BCUT2D eigenvalue weighted by molar-refractivity contribution is 9.10. The van der Waals surface area contributed by atoms with E-state index in [4.69, 9.17) is 4.74 Å². The molecule has 2 rings (SSSR count). The molecule has 0 bridgehead atoms. The van der Waals surface area contributed by atoms with Gasteiger partial charge in [-0.05, 0) is 46.3 Å². The summed E-state index contributed by atoms with van der Waals surface area (Å²) in [4.78, 5) is 23.2. The Kier molecular flexibility index (Phi) is 4.70. The van der Waals surface area contributed by atoms with Gasteiger partial charge in [0.15, 0.2) is 0 Å². The second-order valence-corrected chi connectivity index (χ2v) is 4.85.